The van der Waals surface area contributed by atoms with Crippen molar-refractivity contribution in [2.75, 3.05) is 25.5 Å². The lowest BCUT2D eigenvalue weighted by Crippen LogP contribution is -2.52. The molecular weight excluding hydrogens is 432 g/mol. The Morgan fingerprint density at radius 1 is 1.21 bits per heavy atom. The second kappa shape index (κ2) is 9.13. The van der Waals surface area contributed by atoms with E-state index < -0.39 is 12.0 Å². The first-order valence-electron chi connectivity index (χ1n) is 11.4. The molecule has 2 aliphatic heterocycles. The maximum absolute atomic E-state index is 13.1. The predicted octanol–water partition coefficient (Wildman–Crippen LogP) is 3.65. The molecule has 2 aliphatic rings. The second-order valence-corrected chi connectivity index (χ2v) is 8.65. The van der Waals surface area contributed by atoms with Crippen LogP contribution < -0.4 is 10.1 Å². The van der Waals surface area contributed by atoms with E-state index >= 15 is 0 Å². The van der Waals surface area contributed by atoms with Crippen LogP contribution in [0.1, 0.15) is 41.5 Å². The molecule has 0 unspecified atom stereocenters. The normalized spacial score (nSPS) is 17.9. The Morgan fingerprint density at radius 2 is 2.03 bits per heavy atom. The van der Waals surface area contributed by atoms with E-state index in [1.165, 1.54) is 12.7 Å². The van der Waals surface area contributed by atoms with Gasteiger partial charge in [0, 0.05) is 30.9 Å². The first-order valence-corrected chi connectivity index (χ1v) is 11.4. The number of nitrogens with one attached hydrogen (secondary N) is 1. The van der Waals surface area contributed by atoms with Gasteiger partial charge < -0.3 is 20.1 Å². The van der Waals surface area contributed by atoms with E-state index in [2.05, 4.69) is 16.4 Å². The van der Waals surface area contributed by atoms with Crippen molar-refractivity contribution in [1.29, 1.82) is 0 Å². The highest BCUT2D eigenvalue weighted by molar-refractivity contribution is 5.90. The van der Waals surface area contributed by atoms with Crippen LogP contribution in [0.5, 0.6) is 5.88 Å². The third-order valence-corrected chi connectivity index (χ3v) is 6.56. The number of amides is 1. The number of ether oxygens (including phenoxy) is 1. The number of carbonyl (C=O) groups excluding carboxylic acids is 1. The van der Waals surface area contributed by atoms with Crippen LogP contribution in [-0.4, -0.2) is 52.1 Å². The van der Waals surface area contributed by atoms with Gasteiger partial charge in [0.25, 0.3) is 0 Å². The molecule has 0 saturated carbocycles. The summed E-state index contributed by atoms with van der Waals surface area (Å²) >= 11 is 0. The van der Waals surface area contributed by atoms with Gasteiger partial charge in [-0.25, -0.2) is 9.97 Å². The number of hydrogen-bond donors (Lipinski definition) is 2. The summed E-state index contributed by atoms with van der Waals surface area (Å²) in [6.07, 6.45) is 3.56. The molecule has 0 radical (unpaired) electrons. The first-order chi connectivity index (χ1) is 16.5. The number of carbonyl (C=O) groups is 2. The van der Waals surface area contributed by atoms with Gasteiger partial charge in [-0.05, 0) is 35.6 Å². The number of rotatable bonds is 7. The average molecular weight is 459 g/mol. The van der Waals surface area contributed by atoms with Gasteiger partial charge in [-0.3, -0.25) is 9.59 Å². The molecule has 0 spiro atoms. The molecule has 0 bridgehead atoms. The highest BCUT2D eigenvalue weighted by Crippen LogP contribution is 2.38. The first kappa shape index (κ1) is 21.9. The van der Waals surface area contributed by atoms with E-state index in [0.717, 1.165) is 42.0 Å². The number of hydrogen-bond acceptors (Lipinski definition) is 6. The lowest BCUT2D eigenvalue weighted by Gasteiger charge is -2.43. The summed E-state index contributed by atoms with van der Waals surface area (Å²) in [5.74, 6) is 0.0687. The predicted molar refractivity (Wildman–Crippen MR) is 127 cm³/mol. The van der Waals surface area contributed by atoms with Crippen molar-refractivity contribution in [2.24, 2.45) is 0 Å². The zero-order valence-corrected chi connectivity index (χ0v) is 18.9. The summed E-state index contributed by atoms with van der Waals surface area (Å²) in [5.41, 5.74) is 4.74. The molecule has 8 heteroatoms. The summed E-state index contributed by atoms with van der Waals surface area (Å²) < 4.78 is 5.08. The quantitative estimate of drug-likeness (QED) is 0.521. The number of anilines is 1. The zero-order valence-electron chi connectivity index (χ0n) is 18.9. The monoisotopic (exact) mass is 458 g/mol. The number of aliphatic carboxylic acids is 1. The SMILES string of the molecule is COc1ccc([C@H](CC(=O)O)N2C[C@@H](c3ccc(-c4ccc5c(n4)NCCC5)cc3)C2=O)cn1. The van der Waals surface area contributed by atoms with Gasteiger partial charge in [-0.1, -0.05) is 36.4 Å². The number of aryl methyl sites for hydroxylation is 1. The zero-order chi connectivity index (χ0) is 23.7. The Labute approximate surface area is 197 Å². The van der Waals surface area contributed by atoms with E-state index in [1.54, 1.807) is 23.2 Å². The molecular formula is C26H26N4O4. The molecule has 1 aromatic carbocycles. The number of β-lactam (4-membered cyclic amide) rings is 1. The standard InChI is InChI=1S/C26H26N4O4/c1-34-23-11-9-19(14-28-23)22(13-24(31)32)30-15-20(26(30)33)16-4-6-17(7-5-16)21-10-8-18-3-2-12-27-25(18)29-21/h4-11,14,20,22H,2-3,12-13,15H2,1H3,(H,27,29)(H,31,32)/t20-,22-/m0/s1. The number of carboxylic acid groups (broad SMARTS) is 1. The van der Waals surface area contributed by atoms with Crippen molar-refractivity contribution < 1.29 is 19.4 Å². The molecule has 1 amide bonds. The molecule has 1 fully saturated rings. The highest BCUT2D eigenvalue weighted by Gasteiger charge is 2.42. The summed E-state index contributed by atoms with van der Waals surface area (Å²) in [5, 5.41) is 12.8. The van der Waals surface area contributed by atoms with Gasteiger partial charge in [0.05, 0.1) is 31.2 Å². The third-order valence-electron chi connectivity index (χ3n) is 6.56. The van der Waals surface area contributed by atoms with Gasteiger partial charge in [-0.15, -0.1) is 0 Å². The molecule has 1 saturated heterocycles. The van der Waals surface area contributed by atoms with Gasteiger partial charge in [0.2, 0.25) is 11.8 Å². The van der Waals surface area contributed by atoms with E-state index in [4.69, 9.17) is 9.72 Å². The molecule has 174 valence electrons. The molecule has 0 aliphatic carbocycles. The molecule has 2 N–H and O–H groups in total. The number of aromatic nitrogens is 2. The van der Waals surface area contributed by atoms with Crippen LogP contribution >= 0.6 is 0 Å². The van der Waals surface area contributed by atoms with Crippen molar-refractivity contribution in [3.05, 3.63) is 71.4 Å². The lowest BCUT2D eigenvalue weighted by atomic mass is 9.86. The highest BCUT2D eigenvalue weighted by atomic mass is 16.5. The number of methoxy groups -OCH3 is 1. The molecule has 8 nitrogen and oxygen atoms in total. The van der Waals surface area contributed by atoms with E-state index in [1.807, 2.05) is 30.3 Å². The Balaban J connectivity index is 1.31. The number of fused-ring (bicyclic) bond motifs is 1. The Morgan fingerprint density at radius 3 is 2.71 bits per heavy atom. The maximum atomic E-state index is 13.1. The maximum Gasteiger partial charge on any atom is 0.305 e. The van der Waals surface area contributed by atoms with Gasteiger partial charge in [0.15, 0.2) is 0 Å². The minimum Gasteiger partial charge on any atom is -0.481 e. The summed E-state index contributed by atoms with van der Waals surface area (Å²) in [6.45, 7) is 1.40. The fourth-order valence-electron chi connectivity index (χ4n) is 4.64. The van der Waals surface area contributed by atoms with Crippen LogP contribution in [0, 0.1) is 0 Å². The summed E-state index contributed by atoms with van der Waals surface area (Å²) in [4.78, 5) is 35.1. The van der Waals surface area contributed by atoms with Crippen LogP contribution in [0.15, 0.2) is 54.7 Å². The lowest BCUT2D eigenvalue weighted by molar-refractivity contribution is -0.149. The van der Waals surface area contributed by atoms with Crippen molar-refractivity contribution in [3.63, 3.8) is 0 Å². The van der Waals surface area contributed by atoms with Crippen molar-refractivity contribution >= 4 is 17.7 Å². The van der Waals surface area contributed by atoms with Crippen molar-refractivity contribution in [3.8, 4) is 17.1 Å². The second-order valence-electron chi connectivity index (χ2n) is 8.65. The van der Waals surface area contributed by atoms with Crippen LogP contribution in [0.3, 0.4) is 0 Å². The van der Waals surface area contributed by atoms with Crippen LogP contribution in [0.25, 0.3) is 11.3 Å². The molecule has 34 heavy (non-hydrogen) atoms. The average Bonchev–Trinajstić information content (AvgIpc) is 2.87. The molecule has 2 aromatic heterocycles. The molecule has 3 aromatic rings. The van der Waals surface area contributed by atoms with Crippen LogP contribution in [0.2, 0.25) is 0 Å². The van der Waals surface area contributed by atoms with E-state index in [9.17, 15) is 14.7 Å². The van der Waals surface area contributed by atoms with Gasteiger partial charge in [0.1, 0.15) is 5.82 Å². The Kier molecular flexibility index (Phi) is 5.88. The summed E-state index contributed by atoms with van der Waals surface area (Å²) in [6, 6.07) is 14.9. The van der Waals surface area contributed by atoms with Crippen LogP contribution in [0.4, 0.5) is 5.82 Å². The number of pyridine rings is 2. The van der Waals surface area contributed by atoms with Crippen molar-refractivity contribution in [1.82, 2.24) is 14.9 Å². The number of nitrogens with zero attached hydrogens (tertiary/aromatic N) is 3. The minimum atomic E-state index is -0.964. The number of likely N-dealkylation sites (tertiary alicyclic amines) is 1. The topological polar surface area (TPSA) is 105 Å². The van der Waals surface area contributed by atoms with Gasteiger partial charge >= 0.3 is 5.97 Å². The minimum absolute atomic E-state index is 0.0778. The van der Waals surface area contributed by atoms with Crippen molar-refractivity contribution in [2.45, 2.75) is 31.2 Å². The molecule has 4 heterocycles. The molecule has 2 atom stereocenters. The van der Waals surface area contributed by atoms with Gasteiger partial charge in [-0.2, -0.15) is 0 Å². The Hall–Kier alpha value is -3.94. The fourth-order valence-corrected chi connectivity index (χ4v) is 4.64. The van der Waals surface area contributed by atoms with E-state index in [-0.39, 0.29) is 18.2 Å². The van der Waals surface area contributed by atoms with E-state index in [0.29, 0.717) is 18.0 Å². The van der Waals surface area contributed by atoms with Crippen LogP contribution in [-0.2, 0) is 16.0 Å². The fraction of sp³-hybridized carbons (Fsp3) is 0.308. The number of benzene rings is 1. The smallest absolute Gasteiger partial charge is 0.305 e. The largest absolute Gasteiger partial charge is 0.481 e. The Bertz CT molecular complexity index is 1210. The third kappa shape index (κ3) is 4.19. The molecule has 5 rings (SSSR count). The summed E-state index contributed by atoms with van der Waals surface area (Å²) in [7, 11) is 1.52. The number of carboxylic acids is 1.